The van der Waals surface area contributed by atoms with Gasteiger partial charge in [0.25, 0.3) is 0 Å². The van der Waals surface area contributed by atoms with Gasteiger partial charge in [-0.25, -0.2) is 18.3 Å². The fraction of sp³-hybridized carbons (Fsp3) is 0.368. The van der Waals surface area contributed by atoms with Gasteiger partial charge in [-0.05, 0) is 43.0 Å². The van der Waals surface area contributed by atoms with Crippen LogP contribution in [-0.4, -0.2) is 38.2 Å². The molecule has 2 aromatic carbocycles. The zero-order valence-electron chi connectivity index (χ0n) is 15.1. The van der Waals surface area contributed by atoms with E-state index in [1.165, 1.54) is 35.4 Å². The summed E-state index contributed by atoms with van der Waals surface area (Å²) in [7, 11) is -3.83. The summed E-state index contributed by atoms with van der Waals surface area (Å²) < 4.78 is 27.3. The Balaban J connectivity index is 1.45. The van der Waals surface area contributed by atoms with E-state index in [4.69, 9.17) is 5.21 Å². The van der Waals surface area contributed by atoms with Crippen LogP contribution >= 0.6 is 0 Å². The lowest BCUT2D eigenvalue weighted by atomic mass is 10.00. The summed E-state index contributed by atoms with van der Waals surface area (Å²) in [5, 5.41) is 19.1. The van der Waals surface area contributed by atoms with Crippen molar-refractivity contribution in [3.05, 3.63) is 64.9 Å². The topological polar surface area (TPSA) is 97.1 Å². The molecule has 1 unspecified atom stereocenters. The van der Waals surface area contributed by atoms with E-state index in [0.717, 1.165) is 32.5 Å². The van der Waals surface area contributed by atoms with Gasteiger partial charge in [0.2, 0.25) is 10.0 Å². The van der Waals surface area contributed by atoms with Crippen LogP contribution in [0.3, 0.4) is 0 Å². The van der Waals surface area contributed by atoms with Crippen molar-refractivity contribution in [3.8, 4) is 0 Å². The van der Waals surface area contributed by atoms with E-state index < -0.39 is 15.2 Å². The van der Waals surface area contributed by atoms with Gasteiger partial charge in [-0.1, -0.05) is 36.4 Å². The van der Waals surface area contributed by atoms with Gasteiger partial charge in [-0.3, -0.25) is 4.90 Å². The van der Waals surface area contributed by atoms with Crippen LogP contribution in [0.1, 0.15) is 24.0 Å². The molecule has 0 amide bonds. The molecule has 0 saturated carbocycles. The highest BCUT2D eigenvalue weighted by atomic mass is 32.2. The molecule has 0 aromatic heterocycles. The van der Waals surface area contributed by atoms with Gasteiger partial charge in [0, 0.05) is 25.7 Å². The maximum atomic E-state index is 12.4. The Morgan fingerprint density at radius 3 is 2.56 bits per heavy atom. The summed E-state index contributed by atoms with van der Waals surface area (Å²) in [6.45, 7) is 3.17. The Morgan fingerprint density at radius 1 is 1.07 bits per heavy atom. The van der Waals surface area contributed by atoms with Crippen molar-refractivity contribution >= 4 is 15.7 Å². The second-order valence-corrected chi connectivity index (χ2v) is 8.44. The molecule has 1 aliphatic heterocycles. The quantitative estimate of drug-likeness (QED) is 0.464. The highest BCUT2D eigenvalue weighted by Crippen LogP contribution is 2.19. The van der Waals surface area contributed by atoms with Crippen molar-refractivity contribution in [2.75, 3.05) is 19.6 Å². The van der Waals surface area contributed by atoms with E-state index in [0.29, 0.717) is 13.0 Å². The number of hydrogen-bond donors (Lipinski definition) is 3. The molecular weight excluding hydrogens is 366 g/mol. The highest BCUT2D eigenvalue weighted by molar-refractivity contribution is 7.89. The van der Waals surface area contributed by atoms with Gasteiger partial charge in [0.05, 0.1) is 0 Å². The second-order valence-electron chi connectivity index (χ2n) is 6.70. The minimum Gasteiger partial charge on any atom is -0.595 e. The number of rotatable bonds is 8. The first-order valence-corrected chi connectivity index (χ1v) is 10.6. The lowest BCUT2D eigenvalue weighted by molar-refractivity contribution is -0.992. The van der Waals surface area contributed by atoms with Gasteiger partial charge >= 0.3 is 0 Å². The van der Waals surface area contributed by atoms with Crippen LogP contribution in [0.15, 0.2) is 53.4 Å². The predicted molar refractivity (Wildman–Crippen MR) is 102 cm³/mol. The first kappa shape index (κ1) is 19.9. The molecule has 0 saturated heterocycles. The fourth-order valence-corrected chi connectivity index (χ4v) is 4.64. The molecule has 146 valence electrons. The van der Waals surface area contributed by atoms with E-state index in [2.05, 4.69) is 33.9 Å². The minimum atomic E-state index is -3.83. The first-order chi connectivity index (χ1) is 13.0. The molecule has 3 rings (SSSR count). The Morgan fingerprint density at radius 2 is 1.78 bits per heavy atom. The molecule has 0 spiro atoms. The van der Waals surface area contributed by atoms with Gasteiger partial charge in [-0.15, -0.1) is 0 Å². The number of nitrogens with one attached hydrogen (secondary N) is 2. The summed E-state index contributed by atoms with van der Waals surface area (Å²) in [6.07, 6.45) is 2.63. The third-order valence-electron chi connectivity index (χ3n) is 4.81. The number of para-hydroxylation sites is 1. The van der Waals surface area contributed by atoms with Gasteiger partial charge < -0.3 is 5.21 Å². The Labute approximate surface area is 159 Å². The second kappa shape index (κ2) is 8.92. The van der Waals surface area contributed by atoms with E-state index in [9.17, 15) is 13.6 Å². The van der Waals surface area contributed by atoms with Crippen molar-refractivity contribution in [1.29, 1.82) is 0 Å². The van der Waals surface area contributed by atoms with Crippen LogP contribution in [0.25, 0.3) is 0 Å². The molecule has 1 aliphatic rings. The SMILES string of the molecule is O=S(=O)(NCCCCN1CCc2ccccc2C1)c1ccccc1[NH+]([O-])O. The normalized spacial score (nSPS) is 16.1. The number of fused-ring (bicyclic) bond motifs is 1. The van der Waals surface area contributed by atoms with Crippen LogP contribution in [-0.2, 0) is 23.0 Å². The number of nitrogens with zero attached hydrogens (tertiary/aromatic N) is 1. The first-order valence-electron chi connectivity index (χ1n) is 9.08. The molecule has 0 radical (unpaired) electrons. The largest absolute Gasteiger partial charge is 0.595 e. The van der Waals surface area contributed by atoms with Crippen LogP contribution in [0, 0.1) is 5.21 Å². The molecule has 7 nitrogen and oxygen atoms in total. The molecule has 1 heterocycles. The molecule has 8 heteroatoms. The minimum absolute atomic E-state index is 0.190. The van der Waals surface area contributed by atoms with E-state index in [1.54, 1.807) is 0 Å². The number of hydrogen-bond acceptors (Lipinski definition) is 5. The third kappa shape index (κ3) is 5.13. The molecule has 0 bridgehead atoms. The van der Waals surface area contributed by atoms with E-state index >= 15 is 0 Å². The van der Waals surface area contributed by atoms with Gasteiger partial charge in [-0.2, -0.15) is 5.23 Å². The van der Waals surface area contributed by atoms with Crippen molar-refractivity contribution in [2.45, 2.75) is 30.7 Å². The lowest BCUT2D eigenvalue weighted by Gasteiger charge is -2.28. The average molecular weight is 391 g/mol. The Kier molecular flexibility index (Phi) is 6.59. The number of quaternary nitrogens is 1. The summed E-state index contributed by atoms with van der Waals surface area (Å²) in [5.74, 6) is 0. The number of unbranched alkanes of at least 4 members (excludes halogenated alkanes) is 1. The maximum Gasteiger partial charge on any atom is 0.246 e. The van der Waals surface area contributed by atoms with Crippen molar-refractivity contribution < 1.29 is 18.9 Å². The van der Waals surface area contributed by atoms with Crippen LogP contribution in [0.5, 0.6) is 0 Å². The molecular formula is C19H25N3O4S. The van der Waals surface area contributed by atoms with Crippen molar-refractivity contribution in [3.63, 3.8) is 0 Å². The Bertz CT molecular complexity index is 871. The third-order valence-corrected chi connectivity index (χ3v) is 6.33. The number of benzene rings is 2. The number of sulfonamides is 1. The van der Waals surface area contributed by atoms with Crippen LogP contribution in [0.2, 0.25) is 0 Å². The average Bonchev–Trinajstić information content (AvgIpc) is 2.67. The van der Waals surface area contributed by atoms with Gasteiger partial charge in [0.15, 0.2) is 5.69 Å². The fourth-order valence-electron chi connectivity index (χ4n) is 3.37. The highest BCUT2D eigenvalue weighted by Gasteiger charge is 2.21. The molecule has 27 heavy (non-hydrogen) atoms. The smallest absolute Gasteiger partial charge is 0.246 e. The zero-order valence-corrected chi connectivity index (χ0v) is 15.9. The summed E-state index contributed by atoms with van der Waals surface area (Å²) in [6, 6.07) is 14.1. The van der Waals surface area contributed by atoms with E-state index in [1.807, 2.05) is 0 Å². The summed E-state index contributed by atoms with van der Waals surface area (Å²) in [5.41, 5.74) is 2.57. The van der Waals surface area contributed by atoms with Gasteiger partial charge in [0.1, 0.15) is 4.90 Å². The molecule has 1 atom stereocenters. The van der Waals surface area contributed by atoms with Crippen LogP contribution in [0.4, 0.5) is 5.69 Å². The summed E-state index contributed by atoms with van der Waals surface area (Å²) in [4.78, 5) is 2.20. The lowest BCUT2D eigenvalue weighted by Crippen LogP contribution is -2.99. The zero-order chi connectivity index (χ0) is 19.3. The summed E-state index contributed by atoms with van der Waals surface area (Å²) >= 11 is 0. The maximum absolute atomic E-state index is 12.4. The monoisotopic (exact) mass is 391 g/mol. The predicted octanol–water partition coefficient (Wildman–Crippen LogP) is 1.21. The molecule has 2 aromatic rings. The van der Waals surface area contributed by atoms with Crippen molar-refractivity contribution in [1.82, 2.24) is 9.62 Å². The molecule has 0 aliphatic carbocycles. The van der Waals surface area contributed by atoms with Crippen molar-refractivity contribution in [2.24, 2.45) is 0 Å². The standard InChI is InChI=1S/C19H25N3O4S/c23-22(24)18-9-3-4-10-19(18)27(25,26)20-12-5-6-13-21-14-11-16-7-1-2-8-17(16)15-21/h1-4,7-10,20,22-23H,5-6,11-15H2. The van der Waals surface area contributed by atoms with E-state index in [-0.39, 0.29) is 10.6 Å². The van der Waals surface area contributed by atoms with Crippen LogP contribution < -0.4 is 9.95 Å². The Hall–Kier alpha value is -1.81. The molecule has 0 fully saturated rings. The molecule has 3 N–H and O–H groups in total.